The SMILES string of the molecule is CCOC(=O)N1CCC(=C2c3ccc(Cl)cc3CCc3cc(Br)cnc32)CC1.CCOC(=O)N1CCC(C2c3ccc(Cl)cc3C=Cc3c(Cl)ccnc32)CC1.CCOC(=O)N1CCC(C2c3ccc(Cl)cc3C=Cc3ccc(Cl)nc32)CC1.O=C(Oc1cccnc1)N1CCC(=C2c3ccc(Cl)cc3CCc3c(Cl)ccnc32)CC1.O=C(Oc1cccnc1)N1CCC(C2c3ccc(Cl)cc3C=Cc3c(Cl)ccnc32)CC1. The van der Waals surface area contributed by atoms with Crippen LogP contribution >= 0.6 is 120 Å². The van der Waals surface area contributed by atoms with Crippen molar-refractivity contribution in [2.45, 2.75) is 128 Å². The zero-order valence-electron chi connectivity index (χ0n) is 81.8. The van der Waals surface area contributed by atoms with Crippen LogP contribution in [0.2, 0.25) is 45.3 Å². The summed E-state index contributed by atoms with van der Waals surface area (Å²) in [4.78, 5) is 102. The number of benzene rings is 5. The van der Waals surface area contributed by atoms with E-state index in [0.717, 1.165) is 193 Å². The Bertz CT molecular complexity index is 6990. The molecule has 762 valence electrons. The Balaban J connectivity index is 0.000000121. The Kier molecular flexibility index (Phi) is 35.4. The second-order valence-corrected chi connectivity index (χ2v) is 42.3. The Morgan fingerprint density at radius 1 is 0.345 bits per heavy atom. The summed E-state index contributed by atoms with van der Waals surface area (Å²) in [7, 11) is 0. The number of halogens is 10. The van der Waals surface area contributed by atoms with Gasteiger partial charge in [0.15, 0.2) is 11.5 Å². The highest BCUT2D eigenvalue weighted by Crippen LogP contribution is 2.51. The third kappa shape index (κ3) is 24.9. The highest BCUT2D eigenvalue weighted by molar-refractivity contribution is 9.10. The number of pyridine rings is 7. The number of amides is 5. The summed E-state index contributed by atoms with van der Waals surface area (Å²) in [5.41, 5.74) is 27.0. The Hall–Kier alpha value is -11.7. The number of aromatic nitrogens is 7. The van der Waals surface area contributed by atoms with Gasteiger partial charge in [0.2, 0.25) is 0 Å². The molecule has 12 aromatic rings. The van der Waals surface area contributed by atoms with Gasteiger partial charge in [0.05, 0.1) is 70.7 Å². The van der Waals surface area contributed by atoms with Gasteiger partial charge in [-0.1, -0.05) is 188 Å². The highest BCUT2D eigenvalue weighted by atomic mass is 79.9. The number of piperidine rings is 5. The lowest BCUT2D eigenvalue weighted by atomic mass is 9.76. The molecule has 5 amide bonds. The molecule has 0 saturated carbocycles. The molecule has 5 saturated heterocycles. The van der Waals surface area contributed by atoms with Crippen LogP contribution in [0.15, 0.2) is 217 Å². The highest BCUT2D eigenvalue weighted by Gasteiger charge is 2.41. The van der Waals surface area contributed by atoms with Gasteiger partial charge in [-0.25, -0.2) is 29.0 Å². The summed E-state index contributed by atoms with van der Waals surface area (Å²) in [6, 6.07) is 48.7. The predicted octanol–water partition coefficient (Wildman–Crippen LogP) is 29.7. The summed E-state index contributed by atoms with van der Waals surface area (Å²) in [6.07, 6.45) is 36.5. The summed E-state index contributed by atoms with van der Waals surface area (Å²) in [6.45, 7) is 13.2. The van der Waals surface area contributed by atoms with Crippen molar-refractivity contribution in [2.75, 3.05) is 85.3 Å². The van der Waals surface area contributed by atoms with Gasteiger partial charge in [0.1, 0.15) is 5.15 Å². The van der Waals surface area contributed by atoms with E-state index < -0.39 is 0 Å². The van der Waals surface area contributed by atoms with Crippen molar-refractivity contribution in [3.63, 3.8) is 0 Å². The summed E-state index contributed by atoms with van der Waals surface area (Å²) in [5, 5.41) is 6.25. The molecule has 5 aliphatic carbocycles. The van der Waals surface area contributed by atoms with Crippen LogP contribution in [0.25, 0.3) is 47.6 Å². The van der Waals surface area contributed by atoms with Crippen LogP contribution in [0.3, 0.4) is 0 Å². The Morgan fingerprint density at radius 3 is 1.17 bits per heavy atom. The largest absolute Gasteiger partial charge is 0.450 e. The second kappa shape index (κ2) is 49.4. The maximum Gasteiger partial charge on any atom is 0.415 e. The van der Waals surface area contributed by atoms with Gasteiger partial charge >= 0.3 is 30.5 Å². The molecule has 7 aromatic heterocycles. The number of aryl methyl sites for hydroxylation is 3. The van der Waals surface area contributed by atoms with E-state index in [1.54, 1.807) is 79.7 Å². The minimum absolute atomic E-state index is 0.0717. The average Bonchev–Trinajstić information content (AvgIpc) is 1.59. The second-order valence-electron chi connectivity index (χ2n) is 37.5. The van der Waals surface area contributed by atoms with Crippen molar-refractivity contribution in [2.24, 2.45) is 17.8 Å². The molecule has 3 atom stereocenters. The maximum absolute atomic E-state index is 12.6. The fourth-order valence-electron chi connectivity index (χ4n) is 21.7. The van der Waals surface area contributed by atoms with Gasteiger partial charge in [0.25, 0.3) is 0 Å². The molecule has 22 rings (SSSR count). The number of fused-ring (bicyclic) bond motifs is 10. The summed E-state index contributed by atoms with van der Waals surface area (Å²) < 4.78 is 27.4. The van der Waals surface area contributed by atoms with Gasteiger partial charge in [-0.3, -0.25) is 29.9 Å². The fourth-order valence-corrected chi connectivity index (χ4v) is 23.9. The van der Waals surface area contributed by atoms with E-state index in [1.807, 2.05) is 124 Å². The number of nitrogens with zero attached hydrogens (tertiary/aromatic N) is 12. The lowest BCUT2D eigenvalue weighted by Crippen LogP contribution is -2.41. The van der Waals surface area contributed by atoms with Crippen molar-refractivity contribution in [1.29, 1.82) is 0 Å². The van der Waals surface area contributed by atoms with Crippen molar-refractivity contribution in [3.8, 4) is 11.5 Å². The molecular weight excluding hydrogens is 2120 g/mol. The quantitative estimate of drug-likeness (QED) is 0.101. The number of hydrogen-bond acceptors (Lipinski definition) is 17. The predicted molar refractivity (Wildman–Crippen MR) is 591 cm³/mol. The number of rotatable bonds is 8. The third-order valence-electron chi connectivity index (χ3n) is 28.8. The average molecular weight is 2230 g/mol. The first-order valence-electron chi connectivity index (χ1n) is 50.1. The molecule has 0 radical (unpaired) electrons. The van der Waals surface area contributed by atoms with Crippen molar-refractivity contribution < 1.29 is 47.7 Å². The molecule has 148 heavy (non-hydrogen) atoms. The van der Waals surface area contributed by atoms with E-state index >= 15 is 0 Å². The van der Waals surface area contributed by atoms with Gasteiger partial charge in [0, 0.05) is 177 Å². The van der Waals surface area contributed by atoms with Crippen LogP contribution in [0.5, 0.6) is 11.5 Å². The van der Waals surface area contributed by atoms with E-state index in [9.17, 15) is 24.0 Å². The molecule has 5 fully saturated rings. The number of ether oxygens (including phenoxy) is 5. The van der Waals surface area contributed by atoms with Crippen LogP contribution in [-0.4, -0.2) is 175 Å². The van der Waals surface area contributed by atoms with E-state index in [2.05, 4.69) is 92.7 Å². The number of carbonyl (C=O) groups excluding carboxylic acids is 5. The zero-order valence-corrected chi connectivity index (χ0v) is 90.2. The van der Waals surface area contributed by atoms with Gasteiger partial charge < -0.3 is 48.2 Å². The molecule has 0 spiro atoms. The summed E-state index contributed by atoms with van der Waals surface area (Å²) >= 11 is 60.8. The van der Waals surface area contributed by atoms with E-state index in [0.29, 0.717) is 140 Å². The number of likely N-dealkylation sites (tertiary alicyclic amines) is 5. The van der Waals surface area contributed by atoms with Crippen LogP contribution in [0.4, 0.5) is 24.0 Å². The van der Waals surface area contributed by atoms with Gasteiger partial charge in [-0.15, -0.1) is 0 Å². The lowest BCUT2D eigenvalue weighted by Gasteiger charge is -2.36. The van der Waals surface area contributed by atoms with Crippen LogP contribution in [0, 0.1) is 17.8 Å². The monoisotopic (exact) mass is 2220 g/mol. The van der Waals surface area contributed by atoms with E-state index in [1.165, 1.54) is 68.1 Å². The van der Waals surface area contributed by atoms with Crippen molar-refractivity contribution in [1.82, 2.24) is 59.4 Å². The van der Waals surface area contributed by atoms with Crippen molar-refractivity contribution in [3.05, 3.63) is 374 Å². The first-order chi connectivity index (χ1) is 71.9. The molecule has 12 heterocycles. The molecule has 3 unspecified atom stereocenters. The molecule has 22 nitrogen and oxygen atoms in total. The number of hydrogen-bond donors (Lipinski definition) is 0. The molecular formula is C116H108BrCl9N12O10. The molecule has 32 heteroatoms. The molecule has 10 aliphatic rings. The molecule has 0 N–H and O–H groups in total. The normalized spacial score (nSPS) is 17.5. The maximum atomic E-state index is 12.6. The fraction of sp³-hybridized carbons (Fsp3) is 0.310. The van der Waals surface area contributed by atoms with Crippen LogP contribution in [-0.2, 0) is 39.9 Å². The minimum Gasteiger partial charge on any atom is -0.450 e. The van der Waals surface area contributed by atoms with Crippen LogP contribution < -0.4 is 9.47 Å². The first-order valence-corrected chi connectivity index (χ1v) is 54.3. The Morgan fingerprint density at radius 2 is 0.723 bits per heavy atom. The first kappa shape index (κ1) is 106. The van der Waals surface area contributed by atoms with Crippen molar-refractivity contribution >= 4 is 198 Å². The zero-order chi connectivity index (χ0) is 103. The molecule has 5 aliphatic heterocycles. The smallest absolute Gasteiger partial charge is 0.415 e. The topological polar surface area (TPSA) is 238 Å². The standard InChI is InChI=1S/2C25H21Cl2N3O2.C22H22BrClN2O2.2C22H22Cl2N2O2/c2*26-18-4-6-20-17(14-18)3-5-21-22(27)7-11-29-24(21)23(20)16-8-12-30(13-9-16)25(31)32-19-2-1-10-28-15-19;1-2-28-22(27)26-9-7-14(8-10-26)20-19-6-5-18(24)12-15(19)3-4-16-11-17(23)13-25-21(16)20;1-2-28-22(27)26-11-8-14(9-12-26)20-17-6-4-16(23)13-15(17)3-5-18-19(24)7-10-25-21(18)20;1-2-28-22(27)26-11-9-14(10-12-26)20-18-7-6-17(23)13-16(18)4-3-15-5-8-19(24)25-21(15)20/h1-2,4,6-7,10-11,14-15H,3,5,8-9,12-13H2;1-7,10-11,14-16,23H,8-9,12-13H2;5-6,11-13H,2-4,7-10H2,1H3;3-7,10,13-14,20H,2,8-9,11-12H2,1H3;3-8,13-14,20H,2,9-12H2,1H3. The number of carbonyl (C=O) groups is 5. The summed E-state index contributed by atoms with van der Waals surface area (Å²) in [5.74, 6) is 2.22. The molecule has 5 aromatic carbocycles. The van der Waals surface area contributed by atoms with E-state index in [4.69, 9.17) is 153 Å². The lowest BCUT2D eigenvalue weighted by molar-refractivity contribution is 0.0893. The van der Waals surface area contributed by atoms with Crippen LogP contribution in [0.1, 0.15) is 215 Å². The van der Waals surface area contributed by atoms with Gasteiger partial charge in [-0.05, 0) is 332 Å². The molecule has 0 bridgehead atoms. The third-order valence-corrected chi connectivity index (χ3v) is 31.7. The minimum atomic E-state index is -0.350. The van der Waals surface area contributed by atoms with Gasteiger partial charge in [-0.2, -0.15) is 0 Å². The van der Waals surface area contributed by atoms with E-state index in [-0.39, 0.29) is 48.2 Å². The Labute approximate surface area is 914 Å².